The number of unbranched alkanes of at least 4 members (excludes halogenated alkanes) is 3. The van der Waals surface area contributed by atoms with Gasteiger partial charge in [-0.3, -0.25) is 14.4 Å². The monoisotopic (exact) mass is 478 g/mol. The summed E-state index contributed by atoms with van der Waals surface area (Å²) < 4.78 is 21.5. The molecule has 0 aliphatic carbocycles. The molecule has 34 heavy (non-hydrogen) atoms. The molecular formula is C25H38N2O7. The fourth-order valence-electron chi connectivity index (χ4n) is 3.81. The Balaban J connectivity index is 1.87. The van der Waals surface area contributed by atoms with Crippen molar-refractivity contribution in [1.29, 1.82) is 0 Å². The number of nitrogen functional groups attached to an aromatic ring is 1. The van der Waals surface area contributed by atoms with E-state index >= 15 is 0 Å². The summed E-state index contributed by atoms with van der Waals surface area (Å²) in [4.78, 5) is 37.6. The highest BCUT2D eigenvalue weighted by Gasteiger charge is 2.31. The SMILES string of the molecule is CCCCOC(=O)CCCCCOc1cc(N)c(C(=O)N2CCCC2COC(C)=O)cc1OC. The van der Waals surface area contributed by atoms with Crippen molar-refractivity contribution in [2.24, 2.45) is 0 Å². The molecule has 9 nitrogen and oxygen atoms in total. The van der Waals surface area contributed by atoms with Gasteiger partial charge in [-0.2, -0.15) is 0 Å². The van der Waals surface area contributed by atoms with Gasteiger partial charge in [0.05, 0.1) is 31.9 Å². The number of nitrogens with two attached hydrogens (primary N) is 1. The molecule has 1 saturated heterocycles. The van der Waals surface area contributed by atoms with Crippen LogP contribution in [-0.4, -0.2) is 62.3 Å². The van der Waals surface area contributed by atoms with Crippen LogP contribution in [0.2, 0.25) is 0 Å². The average Bonchev–Trinajstić information content (AvgIpc) is 3.28. The van der Waals surface area contributed by atoms with Gasteiger partial charge < -0.3 is 29.6 Å². The summed E-state index contributed by atoms with van der Waals surface area (Å²) in [5, 5.41) is 0. The van der Waals surface area contributed by atoms with E-state index in [0.29, 0.717) is 48.9 Å². The molecule has 1 aromatic carbocycles. The molecular weight excluding hydrogens is 440 g/mol. The number of rotatable bonds is 14. The maximum atomic E-state index is 13.1. The van der Waals surface area contributed by atoms with Crippen LogP contribution in [-0.2, 0) is 19.1 Å². The smallest absolute Gasteiger partial charge is 0.305 e. The van der Waals surface area contributed by atoms with Crippen molar-refractivity contribution in [3.63, 3.8) is 0 Å². The Morgan fingerprint density at radius 3 is 2.56 bits per heavy atom. The lowest BCUT2D eigenvalue weighted by molar-refractivity contribution is -0.144. The number of hydrogen-bond acceptors (Lipinski definition) is 8. The molecule has 1 unspecified atom stereocenters. The molecule has 1 heterocycles. The van der Waals surface area contributed by atoms with Crippen molar-refractivity contribution in [3.05, 3.63) is 17.7 Å². The van der Waals surface area contributed by atoms with Gasteiger partial charge in [0.1, 0.15) is 6.61 Å². The first-order valence-electron chi connectivity index (χ1n) is 12.1. The Bertz CT molecular complexity index is 828. The van der Waals surface area contributed by atoms with Crippen LogP contribution in [0.1, 0.15) is 75.6 Å². The molecule has 1 aliphatic heterocycles. The minimum atomic E-state index is -0.367. The summed E-state index contributed by atoms with van der Waals surface area (Å²) in [7, 11) is 1.51. The quantitative estimate of drug-likeness (QED) is 0.244. The molecule has 190 valence electrons. The van der Waals surface area contributed by atoms with Crippen molar-refractivity contribution < 1.29 is 33.3 Å². The number of anilines is 1. The van der Waals surface area contributed by atoms with Crippen LogP contribution in [0.25, 0.3) is 0 Å². The Morgan fingerprint density at radius 1 is 1.06 bits per heavy atom. The normalized spacial score (nSPS) is 15.1. The molecule has 0 radical (unpaired) electrons. The molecule has 1 fully saturated rings. The van der Waals surface area contributed by atoms with Gasteiger partial charge in [-0.25, -0.2) is 0 Å². The lowest BCUT2D eigenvalue weighted by atomic mass is 10.1. The van der Waals surface area contributed by atoms with Gasteiger partial charge in [0, 0.05) is 31.6 Å². The summed E-state index contributed by atoms with van der Waals surface area (Å²) in [6.07, 6.45) is 6.25. The molecule has 1 aliphatic rings. The van der Waals surface area contributed by atoms with Crippen molar-refractivity contribution in [3.8, 4) is 11.5 Å². The zero-order valence-electron chi connectivity index (χ0n) is 20.6. The van der Waals surface area contributed by atoms with Crippen LogP contribution in [0.3, 0.4) is 0 Å². The second-order valence-electron chi connectivity index (χ2n) is 8.42. The highest BCUT2D eigenvalue weighted by molar-refractivity contribution is 6.00. The van der Waals surface area contributed by atoms with E-state index in [9.17, 15) is 14.4 Å². The topological polar surface area (TPSA) is 117 Å². The lowest BCUT2D eigenvalue weighted by Gasteiger charge is -2.25. The number of nitrogens with zero attached hydrogens (tertiary/aromatic N) is 1. The number of esters is 2. The van der Waals surface area contributed by atoms with Gasteiger partial charge in [-0.05, 0) is 44.6 Å². The van der Waals surface area contributed by atoms with Gasteiger partial charge in [0.25, 0.3) is 5.91 Å². The first kappa shape index (κ1) is 27.3. The van der Waals surface area contributed by atoms with Crippen LogP contribution in [0, 0.1) is 0 Å². The number of amides is 1. The van der Waals surface area contributed by atoms with Crippen LogP contribution in [0.4, 0.5) is 5.69 Å². The molecule has 0 aromatic heterocycles. The van der Waals surface area contributed by atoms with Crippen LogP contribution in [0.5, 0.6) is 11.5 Å². The number of likely N-dealkylation sites (tertiary alicyclic amines) is 1. The number of hydrogen-bond donors (Lipinski definition) is 1. The van der Waals surface area contributed by atoms with Crippen LogP contribution >= 0.6 is 0 Å². The minimum absolute atomic E-state index is 0.155. The van der Waals surface area contributed by atoms with Crippen molar-refractivity contribution >= 4 is 23.5 Å². The lowest BCUT2D eigenvalue weighted by Crippen LogP contribution is -2.39. The predicted molar refractivity (Wildman–Crippen MR) is 128 cm³/mol. The number of carbonyl (C=O) groups is 3. The van der Waals surface area contributed by atoms with E-state index < -0.39 is 0 Å². The van der Waals surface area contributed by atoms with Gasteiger partial charge in [-0.1, -0.05) is 13.3 Å². The van der Waals surface area contributed by atoms with E-state index in [2.05, 4.69) is 6.92 Å². The van der Waals surface area contributed by atoms with Gasteiger partial charge in [0.15, 0.2) is 11.5 Å². The molecule has 1 aromatic rings. The minimum Gasteiger partial charge on any atom is -0.493 e. The number of benzene rings is 1. The third-order valence-electron chi connectivity index (χ3n) is 5.73. The van der Waals surface area contributed by atoms with E-state index in [1.54, 1.807) is 17.0 Å². The summed E-state index contributed by atoms with van der Waals surface area (Å²) in [5.74, 6) is 0.148. The molecule has 9 heteroatoms. The Labute approximate surface area is 201 Å². The molecule has 1 atom stereocenters. The molecule has 0 saturated carbocycles. The maximum Gasteiger partial charge on any atom is 0.305 e. The Hall–Kier alpha value is -2.97. The van der Waals surface area contributed by atoms with Crippen LogP contribution < -0.4 is 15.2 Å². The van der Waals surface area contributed by atoms with E-state index in [0.717, 1.165) is 44.9 Å². The predicted octanol–water partition coefficient (Wildman–Crippen LogP) is 3.73. The number of ether oxygens (including phenoxy) is 4. The summed E-state index contributed by atoms with van der Waals surface area (Å²) in [5.41, 5.74) is 6.83. The third kappa shape index (κ3) is 8.43. The number of methoxy groups -OCH3 is 1. The van der Waals surface area contributed by atoms with Gasteiger partial charge in [0.2, 0.25) is 0 Å². The Kier molecular flexibility index (Phi) is 11.5. The first-order valence-corrected chi connectivity index (χ1v) is 12.1. The summed E-state index contributed by atoms with van der Waals surface area (Å²) in [6, 6.07) is 3.04. The van der Waals surface area contributed by atoms with E-state index in [1.807, 2.05) is 0 Å². The zero-order chi connectivity index (χ0) is 24.9. The zero-order valence-corrected chi connectivity index (χ0v) is 20.6. The van der Waals surface area contributed by atoms with Gasteiger partial charge >= 0.3 is 11.9 Å². The fraction of sp³-hybridized carbons (Fsp3) is 0.640. The molecule has 1 amide bonds. The third-order valence-corrected chi connectivity index (χ3v) is 5.73. The first-order chi connectivity index (χ1) is 16.4. The molecule has 2 N–H and O–H groups in total. The van der Waals surface area contributed by atoms with Crippen molar-refractivity contribution in [2.45, 2.75) is 71.3 Å². The largest absolute Gasteiger partial charge is 0.493 e. The van der Waals surface area contributed by atoms with Gasteiger partial charge in [-0.15, -0.1) is 0 Å². The highest BCUT2D eigenvalue weighted by atomic mass is 16.5. The number of carbonyl (C=O) groups excluding carboxylic acids is 3. The van der Waals surface area contributed by atoms with E-state index in [4.69, 9.17) is 24.7 Å². The molecule has 0 spiro atoms. The standard InChI is InChI=1S/C25H38N2O7/c1-4-5-13-33-24(29)11-7-6-8-14-32-23-16-21(26)20(15-22(23)31-3)25(30)27-12-9-10-19(27)17-34-18(2)28/h15-16,19H,4-14,17,26H2,1-3H3. The molecule has 0 bridgehead atoms. The second-order valence-corrected chi connectivity index (χ2v) is 8.42. The second kappa shape index (κ2) is 14.3. The fourth-order valence-corrected chi connectivity index (χ4v) is 3.81. The Morgan fingerprint density at radius 2 is 1.85 bits per heavy atom. The summed E-state index contributed by atoms with van der Waals surface area (Å²) >= 11 is 0. The summed E-state index contributed by atoms with van der Waals surface area (Å²) in [6.45, 7) is 5.09. The maximum absolute atomic E-state index is 13.1. The average molecular weight is 479 g/mol. The van der Waals surface area contributed by atoms with E-state index in [1.165, 1.54) is 14.0 Å². The van der Waals surface area contributed by atoms with E-state index in [-0.39, 0.29) is 30.5 Å². The van der Waals surface area contributed by atoms with Crippen molar-refractivity contribution in [2.75, 3.05) is 39.2 Å². The van der Waals surface area contributed by atoms with Crippen molar-refractivity contribution in [1.82, 2.24) is 4.90 Å². The highest BCUT2D eigenvalue weighted by Crippen LogP contribution is 2.34. The molecule has 2 rings (SSSR count). The van der Waals surface area contributed by atoms with Crippen LogP contribution in [0.15, 0.2) is 12.1 Å².